The molecule has 2 aromatic rings. The van der Waals surface area contributed by atoms with Gasteiger partial charge in [0.25, 0.3) is 10.2 Å². The highest BCUT2D eigenvalue weighted by molar-refractivity contribution is 7.86. The van der Waals surface area contributed by atoms with Crippen LogP contribution in [-0.4, -0.2) is 54.2 Å². The van der Waals surface area contributed by atoms with Gasteiger partial charge in [-0.05, 0) is 25.0 Å². The number of benzene rings is 1. The summed E-state index contributed by atoms with van der Waals surface area (Å²) < 4.78 is 66.3. The minimum atomic E-state index is -4.44. The van der Waals surface area contributed by atoms with Crippen LogP contribution in [-0.2, 0) is 16.4 Å². The predicted molar refractivity (Wildman–Crippen MR) is 98.6 cm³/mol. The summed E-state index contributed by atoms with van der Waals surface area (Å²) in [4.78, 5) is 8.61. The maximum absolute atomic E-state index is 13.0. The molecule has 0 unspecified atom stereocenters. The molecule has 10 heteroatoms. The average molecular weight is 414 g/mol. The van der Waals surface area contributed by atoms with Gasteiger partial charge in [-0.25, -0.2) is 4.98 Å². The van der Waals surface area contributed by atoms with Gasteiger partial charge in [0.05, 0.1) is 23.1 Å². The Labute approximate surface area is 162 Å². The zero-order valence-electron chi connectivity index (χ0n) is 15.5. The fraction of sp³-hybridized carbons (Fsp3) is 0.444. The molecule has 6 nitrogen and oxygen atoms in total. The minimum Gasteiger partial charge on any atom is -0.261 e. The molecule has 1 aliphatic rings. The first-order valence-corrected chi connectivity index (χ1v) is 10.2. The molecule has 1 atom stereocenters. The standard InChI is InChI=1S/C18H21F3N4O2S/c1-24(2)28(26,27)25-8-4-6-14(12-25)17-11-22-10-16(23-17)13-5-3-7-15(9-13)18(19,20)21/h3,5,7,9-11,14H,4,6,8,12H2,1-2H3/t14-/m0/s1. The van der Waals surface area contributed by atoms with Crippen LogP contribution < -0.4 is 0 Å². The van der Waals surface area contributed by atoms with Crippen molar-refractivity contribution in [2.75, 3.05) is 27.2 Å². The zero-order valence-corrected chi connectivity index (χ0v) is 16.3. The van der Waals surface area contributed by atoms with E-state index in [9.17, 15) is 21.6 Å². The summed E-state index contributed by atoms with van der Waals surface area (Å²) in [6.07, 6.45) is -0.0669. The molecule has 1 aromatic heterocycles. The fourth-order valence-corrected chi connectivity index (χ4v) is 4.39. The monoisotopic (exact) mass is 414 g/mol. The molecular formula is C18H21F3N4O2S. The predicted octanol–water partition coefficient (Wildman–Crippen LogP) is 3.15. The number of hydrogen-bond donors (Lipinski definition) is 0. The first-order valence-electron chi connectivity index (χ1n) is 8.76. The first kappa shape index (κ1) is 20.7. The van der Waals surface area contributed by atoms with E-state index in [-0.39, 0.29) is 12.5 Å². The molecule has 0 aliphatic carbocycles. The lowest BCUT2D eigenvalue weighted by atomic mass is 9.96. The van der Waals surface area contributed by atoms with Gasteiger partial charge < -0.3 is 0 Å². The van der Waals surface area contributed by atoms with Crippen LogP contribution in [0.5, 0.6) is 0 Å². The maximum atomic E-state index is 13.0. The molecule has 1 saturated heterocycles. The van der Waals surface area contributed by atoms with E-state index in [2.05, 4.69) is 9.97 Å². The average Bonchev–Trinajstić information content (AvgIpc) is 2.67. The van der Waals surface area contributed by atoms with Crippen molar-refractivity contribution in [3.8, 4) is 11.3 Å². The number of nitrogens with zero attached hydrogens (tertiary/aromatic N) is 4. The summed E-state index contributed by atoms with van der Waals surface area (Å²) in [6, 6.07) is 4.93. The van der Waals surface area contributed by atoms with Crippen molar-refractivity contribution < 1.29 is 21.6 Å². The van der Waals surface area contributed by atoms with E-state index >= 15 is 0 Å². The maximum Gasteiger partial charge on any atom is 0.416 e. The molecule has 1 fully saturated rings. The second-order valence-corrected chi connectivity index (χ2v) is 9.04. The summed E-state index contributed by atoms with van der Waals surface area (Å²) in [6.45, 7) is 0.693. The van der Waals surface area contributed by atoms with Gasteiger partial charge in [0.1, 0.15) is 0 Å². The van der Waals surface area contributed by atoms with Crippen LogP contribution in [0.2, 0.25) is 0 Å². The lowest BCUT2D eigenvalue weighted by molar-refractivity contribution is -0.137. The highest BCUT2D eigenvalue weighted by atomic mass is 32.2. The van der Waals surface area contributed by atoms with E-state index in [0.29, 0.717) is 29.9 Å². The molecule has 3 rings (SSSR count). The highest BCUT2D eigenvalue weighted by Crippen LogP contribution is 2.32. The Morgan fingerprint density at radius 3 is 2.64 bits per heavy atom. The van der Waals surface area contributed by atoms with Crippen LogP contribution in [0, 0.1) is 0 Å². The topological polar surface area (TPSA) is 66.4 Å². The van der Waals surface area contributed by atoms with Gasteiger partial charge in [-0.1, -0.05) is 12.1 Å². The van der Waals surface area contributed by atoms with Crippen molar-refractivity contribution in [3.63, 3.8) is 0 Å². The van der Waals surface area contributed by atoms with Crippen molar-refractivity contribution >= 4 is 10.2 Å². The number of alkyl halides is 3. The van der Waals surface area contributed by atoms with Gasteiger partial charge in [0, 0.05) is 44.9 Å². The second-order valence-electron chi connectivity index (χ2n) is 6.90. The van der Waals surface area contributed by atoms with Crippen molar-refractivity contribution in [3.05, 3.63) is 47.9 Å². The second kappa shape index (κ2) is 7.76. The van der Waals surface area contributed by atoms with E-state index < -0.39 is 21.9 Å². The van der Waals surface area contributed by atoms with Crippen LogP contribution in [0.3, 0.4) is 0 Å². The van der Waals surface area contributed by atoms with E-state index in [1.54, 1.807) is 12.3 Å². The van der Waals surface area contributed by atoms with Crippen molar-refractivity contribution in [2.45, 2.75) is 24.9 Å². The largest absolute Gasteiger partial charge is 0.416 e. The lowest BCUT2D eigenvalue weighted by Crippen LogP contribution is -2.45. The third kappa shape index (κ3) is 4.34. The van der Waals surface area contributed by atoms with Crippen molar-refractivity contribution in [2.24, 2.45) is 0 Å². The van der Waals surface area contributed by atoms with Crippen LogP contribution in [0.4, 0.5) is 13.2 Å². The van der Waals surface area contributed by atoms with Crippen molar-refractivity contribution in [1.29, 1.82) is 0 Å². The molecule has 0 amide bonds. The lowest BCUT2D eigenvalue weighted by Gasteiger charge is -2.33. The Morgan fingerprint density at radius 2 is 1.96 bits per heavy atom. The molecule has 0 bridgehead atoms. The molecular weight excluding hydrogens is 393 g/mol. The SMILES string of the molecule is CN(C)S(=O)(=O)N1CCC[C@H](c2cncc(-c3cccc(C(F)(F)F)c3)n2)C1. The summed E-state index contributed by atoms with van der Waals surface area (Å²) in [5, 5.41) is 0. The van der Waals surface area contributed by atoms with E-state index in [1.165, 1.54) is 35.0 Å². The van der Waals surface area contributed by atoms with Crippen molar-refractivity contribution in [1.82, 2.24) is 18.6 Å². The number of hydrogen-bond acceptors (Lipinski definition) is 4. The molecule has 0 radical (unpaired) electrons. The normalized spacial score (nSPS) is 19.1. The van der Waals surface area contributed by atoms with Crippen LogP contribution in [0.25, 0.3) is 11.3 Å². The summed E-state index contributed by atoms with van der Waals surface area (Å²) in [7, 11) is -0.573. The Kier molecular flexibility index (Phi) is 5.74. The van der Waals surface area contributed by atoms with E-state index in [1.807, 2.05) is 0 Å². The van der Waals surface area contributed by atoms with Gasteiger partial charge in [-0.15, -0.1) is 0 Å². The van der Waals surface area contributed by atoms with Gasteiger partial charge in [0.15, 0.2) is 0 Å². The molecule has 2 heterocycles. The molecule has 1 aliphatic heterocycles. The van der Waals surface area contributed by atoms with Crippen LogP contribution in [0.15, 0.2) is 36.7 Å². The summed E-state index contributed by atoms with van der Waals surface area (Å²) >= 11 is 0. The Bertz CT molecular complexity index is 948. The highest BCUT2D eigenvalue weighted by Gasteiger charge is 2.32. The number of piperidine rings is 1. The van der Waals surface area contributed by atoms with Crippen LogP contribution >= 0.6 is 0 Å². The smallest absolute Gasteiger partial charge is 0.261 e. The molecule has 0 saturated carbocycles. The van der Waals surface area contributed by atoms with Gasteiger partial charge in [-0.2, -0.15) is 30.2 Å². The Balaban J connectivity index is 1.88. The fourth-order valence-electron chi connectivity index (χ4n) is 3.20. The Morgan fingerprint density at radius 1 is 1.21 bits per heavy atom. The molecule has 0 N–H and O–H groups in total. The zero-order chi connectivity index (χ0) is 20.5. The summed E-state index contributed by atoms with van der Waals surface area (Å²) in [5.74, 6) is -0.165. The third-order valence-corrected chi connectivity index (χ3v) is 6.64. The summed E-state index contributed by atoms with van der Waals surface area (Å²) in [5.41, 5.74) is 0.473. The third-order valence-electron chi connectivity index (χ3n) is 4.73. The molecule has 0 spiro atoms. The number of halogens is 3. The van der Waals surface area contributed by atoms with E-state index in [4.69, 9.17) is 0 Å². The minimum absolute atomic E-state index is 0.165. The number of rotatable bonds is 4. The Hall–Kier alpha value is -2.04. The molecule has 152 valence electrons. The van der Waals surface area contributed by atoms with Gasteiger partial charge in [0.2, 0.25) is 0 Å². The molecule has 1 aromatic carbocycles. The van der Waals surface area contributed by atoms with E-state index in [0.717, 1.165) is 18.6 Å². The van der Waals surface area contributed by atoms with Gasteiger partial charge >= 0.3 is 6.18 Å². The first-order chi connectivity index (χ1) is 13.1. The molecule has 28 heavy (non-hydrogen) atoms. The van der Waals surface area contributed by atoms with Gasteiger partial charge in [-0.3, -0.25) is 4.98 Å². The van der Waals surface area contributed by atoms with Crippen LogP contribution in [0.1, 0.15) is 30.0 Å². The quantitative estimate of drug-likeness (QED) is 0.771. The number of aromatic nitrogens is 2.